The van der Waals surface area contributed by atoms with Gasteiger partial charge in [0.1, 0.15) is 0 Å². The Morgan fingerprint density at radius 3 is 1.23 bits per heavy atom. The molecule has 0 aromatic heterocycles. The normalized spacial score (nSPS) is 11.2. The Morgan fingerprint density at radius 1 is 0.410 bits per heavy atom. The minimum absolute atomic E-state index is 0.538. The molecule has 0 heterocycles. The van der Waals surface area contributed by atoms with E-state index < -0.39 is 11.7 Å². The highest BCUT2D eigenvalue weighted by Crippen LogP contribution is 2.30. The molecule has 0 saturated heterocycles. The van der Waals surface area contributed by atoms with Crippen LogP contribution in [-0.4, -0.2) is 0 Å². The molecule has 0 aliphatic carbocycles. The molecule has 0 radical (unpaired) electrons. The van der Waals surface area contributed by atoms with Crippen LogP contribution in [0, 0.1) is 30.6 Å². The summed E-state index contributed by atoms with van der Waals surface area (Å²) in [5, 5.41) is 6.69. The summed E-state index contributed by atoms with van der Waals surface area (Å²) in [5.41, 5.74) is 3.85. The van der Waals surface area contributed by atoms with Gasteiger partial charge in [-0.05, 0) is 124 Å². The van der Waals surface area contributed by atoms with E-state index in [1.54, 1.807) is 0 Å². The van der Waals surface area contributed by atoms with Crippen LogP contribution in [0.5, 0.6) is 0 Å². The zero-order valence-electron chi connectivity index (χ0n) is 21.0. The van der Waals surface area contributed by atoms with Gasteiger partial charge in [-0.2, -0.15) is 13.2 Å². The molecule has 6 rings (SSSR count). The van der Waals surface area contributed by atoms with Gasteiger partial charge < -0.3 is 0 Å². The fourth-order valence-electron chi connectivity index (χ4n) is 4.57. The molecule has 0 unspecified atom stereocenters. The molecule has 186 valence electrons. The van der Waals surface area contributed by atoms with E-state index in [0.717, 1.165) is 61.1 Å². The highest BCUT2D eigenvalue weighted by molar-refractivity contribution is 6.05. The molecule has 3 heteroatoms. The van der Waals surface area contributed by atoms with Crippen LogP contribution in [0.3, 0.4) is 0 Å². The van der Waals surface area contributed by atoms with Crippen LogP contribution in [0.15, 0.2) is 109 Å². The Kier molecular flexibility index (Phi) is 6.07. The smallest absolute Gasteiger partial charge is 0.166 e. The second-order valence-electron chi connectivity index (χ2n) is 9.62. The van der Waals surface area contributed by atoms with Crippen LogP contribution in [0.4, 0.5) is 13.2 Å². The lowest BCUT2D eigenvalue weighted by atomic mass is 9.98. The van der Waals surface area contributed by atoms with Crippen molar-refractivity contribution in [2.75, 3.05) is 0 Å². The average Bonchev–Trinajstić information content (AvgIpc) is 2.93. The molecular formula is C36H21F3. The summed E-state index contributed by atoms with van der Waals surface area (Å²) < 4.78 is 38.4. The number of hydrogen-bond donors (Lipinski definition) is 0. The highest BCUT2D eigenvalue weighted by Gasteiger charge is 2.29. The lowest BCUT2D eigenvalue weighted by Gasteiger charge is -2.06. The van der Waals surface area contributed by atoms with Crippen molar-refractivity contribution in [1.82, 2.24) is 0 Å². The van der Waals surface area contributed by atoms with Gasteiger partial charge in [0.05, 0.1) is 5.56 Å². The van der Waals surface area contributed by atoms with E-state index in [1.165, 1.54) is 17.7 Å². The molecule has 0 aliphatic heterocycles. The van der Waals surface area contributed by atoms with Gasteiger partial charge in [0, 0.05) is 22.3 Å². The van der Waals surface area contributed by atoms with Crippen LogP contribution in [0.2, 0.25) is 0 Å². The van der Waals surface area contributed by atoms with Crippen LogP contribution in [0.1, 0.15) is 33.4 Å². The van der Waals surface area contributed by atoms with Gasteiger partial charge in [-0.3, -0.25) is 0 Å². The Morgan fingerprint density at radius 2 is 0.769 bits per heavy atom. The Balaban J connectivity index is 1.30. The first kappa shape index (κ1) is 24.4. The minimum atomic E-state index is -4.35. The van der Waals surface area contributed by atoms with Gasteiger partial charge in [-0.1, -0.05) is 53.5 Å². The summed E-state index contributed by atoms with van der Waals surface area (Å²) in [7, 11) is 0. The molecule has 0 fully saturated rings. The van der Waals surface area contributed by atoms with Gasteiger partial charge >= 0.3 is 6.18 Å². The minimum Gasteiger partial charge on any atom is -0.166 e. The first-order valence-electron chi connectivity index (χ1n) is 12.5. The molecule has 0 bridgehead atoms. The number of alkyl halides is 3. The zero-order valence-corrected chi connectivity index (χ0v) is 21.0. The van der Waals surface area contributed by atoms with Gasteiger partial charge in [-0.15, -0.1) is 0 Å². The maximum Gasteiger partial charge on any atom is 0.416 e. The van der Waals surface area contributed by atoms with Crippen LogP contribution in [-0.2, 0) is 6.18 Å². The summed E-state index contributed by atoms with van der Waals surface area (Å²) in [6.07, 6.45) is -4.35. The Bertz CT molecular complexity index is 1990. The molecule has 0 amide bonds. The van der Waals surface area contributed by atoms with Crippen LogP contribution < -0.4 is 0 Å². The third-order valence-corrected chi connectivity index (χ3v) is 6.72. The van der Waals surface area contributed by atoms with Crippen molar-refractivity contribution in [3.8, 4) is 23.7 Å². The van der Waals surface area contributed by atoms with Crippen molar-refractivity contribution < 1.29 is 13.2 Å². The fourth-order valence-corrected chi connectivity index (χ4v) is 4.57. The predicted octanol–water partition coefficient (Wildman–Crippen LogP) is 9.27. The summed E-state index contributed by atoms with van der Waals surface area (Å²) in [5.74, 6) is 12.6. The van der Waals surface area contributed by atoms with Crippen molar-refractivity contribution in [2.45, 2.75) is 13.1 Å². The molecule has 0 nitrogen and oxygen atoms in total. The fraction of sp³-hybridized carbons (Fsp3) is 0.0556. The molecule has 0 aliphatic rings. The van der Waals surface area contributed by atoms with E-state index in [2.05, 4.69) is 79.1 Å². The summed E-state index contributed by atoms with van der Waals surface area (Å²) in [4.78, 5) is 0. The second-order valence-corrected chi connectivity index (χ2v) is 9.62. The molecule has 0 N–H and O–H groups in total. The molecule has 0 spiro atoms. The first-order chi connectivity index (χ1) is 18.8. The average molecular weight is 511 g/mol. The molecule has 0 saturated carbocycles. The van der Waals surface area contributed by atoms with Crippen molar-refractivity contribution in [3.63, 3.8) is 0 Å². The van der Waals surface area contributed by atoms with Crippen molar-refractivity contribution >= 4 is 32.3 Å². The molecule has 6 aromatic rings. The van der Waals surface area contributed by atoms with E-state index in [-0.39, 0.29) is 0 Å². The number of hydrogen-bond acceptors (Lipinski definition) is 0. The molecular weight excluding hydrogens is 489 g/mol. The van der Waals surface area contributed by atoms with Crippen molar-refractivity contribution in [1.29, 1.82) is 0 Å². The first-order valence-corrected chi connectivity index (χ1v) is 12.5. The van der Waals surface area contributed by atoms with E-state index in [1.807, 2.05) is 36.4 Å². The Labute approximate surface area is 224 Å². The zero-order chi connectivity index (χ0) is 27.0. The third kappa shape index (κ3) is 5.35. The number of benzene rings is 6. The molecule has 39 heavy (non-hydrogen) atoms. The van der Waals surface area contributed by atoms with Gasteiger partial charge in [0.25, 0.3) is 0 Å². The number of fused-ring (bicyclic) bond motifs is 3. The van der Waals surface area contributed by atoms with Gasteiger partial charge in [-0.25, -0.2) is 0 Å². The second kappa shape index (κ2) is 9.71. The number of rotatable bonds is 0. The van der Waals surface area contributed by atoms with Crippen molar-refractivity contribution in [3.05, 3.63) is 143 Å². The quantitative estimate of drug-likeness (QED) is 0.141. The number of aryl methyl sites for hydroxylation is 1. The Hall–Kier alpha value is -4.99. The largest absolute Gasteiger partial charge is 0.416 e. The van der Waals surface area contributed by atoms with Gasteiger partial charge in [0.15, 0.2) is 0 Å². The van der Waals surface area contributed by atoms with E-state index >= 15 is 0 Å². The van der Waals surface area contributed by atoms with Crippen LogP contribution in [0.25, 0.3) is 32.3 Å². The SMILES string of the molecule is Cc1ccc(C#Cc2ccc3cc4cc5cc(C#Cc6ccc(C(F)(F)F)cc6)ccc5cc4cc3c2)cc1. The maximum atomic E-state index is 12.8. The van der Waals surface area contributed by atoms with Crippen LogP contribution >= 0.6 is 0 Å². The lowest BCUT2D eigenvalue weighted by molar-refractivity contribution is -0.137. The van der Waals surface area contributed by atoms with Crippen molar-refractivity contribution in [2.24, 2.45) is 0 Å². The summed E-state index contributed by atoms with van der Waals surface area (Å²) in [6, 6.07) is 34.1. The summed E-state index contributed by atoms with van der Waals surface area (Å²) in [6.45, 7) is 2.06. The topological polar surface area (TPSA) is 0 Å². The van der Waals surface area contributed by atoms with Gasteiger partial charge in [0.2, 0.25) is 0 Å². The number of halogens is 3. The monoisotopic (exact) mass is 510 g/mol. The summed E-state index contributed by atoms with van der Waals surface area (Å²) >= 11 is 0. The standard InChI is InChI=1S/C36H21F3/c1-24-2-4-25(5-3-24)6-8-27-10-14-29-20-34-23-32-19-28(11-15-30(32)21-33(34)22-31(29)18-27)9-7-26-12-16-35(17-13-26)36(37,38)39/h2-5,10-23H,1H3. The third-order valence-electron chi connectivity index (χ3n) is 6.72. The van der Waals surface area contributed by atoms with E-state index in [4.69, 9.17) is 0 Å². The molecule has 0 atom stereocenters. The predicted molar refractivity (Wildman–Crippen MR) is 154 cm³/mol. The highest BCUT2D eigenvalue weighted by atomic mass is 19.4. The maximum absolute atomic E-state index is 12.8. The molecule has 6 aromatic carbocycles. The van der Waals surface area contributed by atoms with E-state index in [0.29, 0.717) is 5.56 Å². The lowest BCUT2D eigenvalue weighted by Crippen LogP contribution is -2.04. The van der Waals surface area contributed by atoms with E-state index in [9.17, 15) is 13.2 Å².